The Balaban J connectivity index is 1.53. The van der Waals surface area contributed by atoms with E-state index in [0.717, 1.165) is 45.9 Å². The summed E-state index contributed by atoms with van der Waals surface area (Å²) in [4.78, 5) is 8.75. The fourth-order valence-corrected chi connectivity index (χ4v) is 4.05. The first kappa shape index (κ1) is 22.3. The molecular formula is C28H21F2N3O2. The monoisotopic (exact) mass is 469 g/mol. The number of benzene rings is 3. The molecule has 0 aliphatic heterocycles. The lowest BCUT2D eigenvalue weighted by Gasteiger charge is -2.15. The minimum absolute atomic E-state index is 0.101. The molecule has 0 fully saturated rings. The Hall–Kier alpha value is -4.52. The maximum absolute atomic E-state index is 14.3. The van der Waals surface area contributed by atoms with Crippen molar-refractivity contribution >= 4 is 22.3 Å². The quantitative estimate of drug-likeness (QED) is 0.290. The van der Waals surface area contributed by atoms with Crippen LogP contribution in [0, 0.1) is 11.6 Å². The van der Waals surface area contributed by atoms with Crippen LogP contribution in [0.5, 0.6) is 11.5 Å². The van der Waals surface area contributed by atoms with Crippen molar-refractivity contribution in [2.75, 3.05) is 19.5 Å². The van der Waals surface area contributed by atoms with Crippen molar-refractivity contribution in [2.24, 2.45) is 0 Å². The topological polar surface area (TPSA) is 56.3 Å². The molecule has 0 saturated carbocycles. The number of aromatic nitrogens is 2. The van der Waals surface area contributed by atoms with Crippen LogP contribution >= 0.6 is 0 Å². The van der Waals surface area contributed by atoms with E-state index in [1.165, 1.54) is 0 Å². The Morgan fingerprint density at radius 1 is 0.771 bits per heavy atom. The summed E-state index contributed by atoms with van der Waals surface area (Å²) in [6.07, 6.45) is 3.26. The van der Waals surface area contributed by atoms with Crippen molar-refractivity contribution in [3.05, 3.63) is 96.8 Å². The summed E-state index contributed by atoms with van der Waals surface area (Å²) in [5, 5.41) is 4.24. The predicted octanol–water partition coefficient (Wildman–Crippen LogP) is 7.00. The summed E-state index contributed by atoms with van der Waals surface area (Å²) in [6.45, 7) is 0. The van der Waals surface area contributed by atoms with Crippen LogP contribution < -0.4 is 14.8 Å². The number of anilines is 2. The van der Waals surface area contributed by atoms with E-state index in [9.17, 15) is 8.78 Å². The molecule has 0 saturated heterocycles. The number of nitrogens with zero attached hydrogens (tertiary/aromatic N) is 2. The lowest BCUT2D eigenvalue weighted by atomic mass is 10.0. The maximum atomic E-state index is 14.3. The van der Waals surface area contributed by atoms with Gasteiger partial charge in [0.1, 0.15) is 23.1 Å². The zero-order chi connectivity index (χ0) is 24.4. The molecule has 0 atom stereocenters. The molecule has 7 heteroatoms. The van der Waals surface area contributed by atoms with E-state index in [2.05, 4.69) is 15.3 Å². The number of halogens is 2. The van der Waals surface area contributed by atoms with Gasteiger partial charge in [-0.1, -0.05) is 18.2 Å². The molecule has 35 heavy (non-hydrogen) atoms. The van der Waals surface area contributed by atoms with Crippen molar-refractivity contribution in [1.29, 1.82) is 0 Å². The van der Waals surface area contributed by atoms with Crippen LogP contribution in [0.4, 0.5) is 20.2 Å². The van der Waals surface area contributed by atoms with E-state index in [1.54, 1.807) is 38.7 Å². The summed E-state index contributed by atoms with van der Waals surface area (Å²) in [6, 6.07) is 20.2. The van der Waals surface area contributed by atoms with Crippen molar-refractivity contribution in [3.8, 4) is 33.9 Å². The van der Waals surface area contributed by atoms with Gasteiger partial charge in [0.05, 0.1) is 31.0 Å². The predicted molar refractivity (Wildman–Crippen MR) is 133 cm³/mol. The smallest absolute Gasteiger partial charge is 0.132 e. The first-order valence-electron chi connectivity index (χ1n) is 10.9. The van der Waals surface area contributed by atoms with Gasteiger partial charge >= 0.3 is 0 Å². The Morgan fingerprint density at radius 3 is 2.31 bits per heavy atom. The Morgan fingerprint density at radius 2 is 1.54 bits per heavy atom. The van der Waals surface area contributed by atoms with Gasteiger partial charge < -0.3 is 14.8 Å². The van der Waals surface area contributed by atoms with Gasteiger partial charge in [-0.2, -0.15) is 0 Å². The third-order valence-corrected chi connectivity index (χ3v) is 5.70. The molecular weight excluding hydrogens is 448 g/mol. The zero-order valence-electron chi connectivity index (χ0n) is 19.0. The fraction of sp³-hybridized carbons (Fsp3) is 0.0714. The molecule has 2 heterocycles. The first-order valence-corrected chi connectivity index (χ1v) is 10.9. The van der Waals surface area contributed by atoms with Gasteiger partial charge in [0.2, 0.25) is 0 Å². The van der Waals surface area contributed by atoms with Gasteiger partial charge in [0, 0.05) is 34.7 Å². The number of hydrogen-bond acceptors (Lipinski definition) is 5. The molecule has 174 valence electrons. The Kier molecular flexibility index (Phi) is 5.97. The van der Waals surface area contributed by atoms with Gasteiger partial charge in [-0.25, -0.2) is 8.78 Å². The van der Waals surface area contributed by atoms with Gasteiger partial charge in [-0.05, 0) is 60.2 Å². The largest absolute Gasteiger partial charge is 0.496 e. The summed E-state index contributed by atoms with van der Waals surface area (Å²) in [7, 11) is 3.25. The molecule has 0 unspecified atom stereocenters. The highest BCUT2D eigenvalue weighted by atomic mass is 19.1. The highest BCUT2D eigenvalue weighted by molar-refractivity contribution is 5.96. The van der Waals surface area contributed by atoms with Gasteiger partial charge in [-0.3, -0.25) is 9.97 Å². The summed E-state index contributed by atoms with van der Waals surface area (Å²) >= 11 is 0. The van der Waals surface area contributed by atoms with Gasteiger partial charge in [-0.15, -0.1) is 0 Å². The van der Waals surface area contributed by atoms with Gasteiger partial charge in [0.25, 0.3) is 0 Å². The number of ether oxygens (including phenoxy) is 2. The minimum Gasteiger partial charge on any atom is -0.496 e. The first-order chi connectivity index (χ1) is 17.1. The van der Waals surface area contributed by atoms with E-state index in [-0.39, 0.29) is 5.56 Å². The van der Waals surface area contributed by atoms with E-state index >= 15 is 0 Å². The van der Waals surface area contributed by atoms with Crippen LogP contribution in [0.1, 0.15) is 0 Å². The molecule has 5 aromatic rings. The molecule has 5 rings (SSSR count). The molecule has 2 aromatic heterocycles. The van der Waals surface area contributed by atoms with Crippen molar-refractivity contribution < 1.29 is 18.3 Å². The minimum atomic E-state index is -0.537. The lowest BCUT2D eigenvalue weighted by Crippen LogP contribution is -1.96. The fourth-order valence-electron chi connectivity index (χ4n) is 4.05. The second-order valence-corrected chi connectivity index (χ2v) is 7.81. The third kappa shape index (κ3) is 4.36. The molecule has 0 aliphatic carbocycles. The van der Waals surface area contributed by atoms with E-state index in [4.69, 9.17) is 9.47 Å². The number of pyridine rings is 2. The highest BCUT2D eigenvalue weighted by Gasteiger charge is 2.14. The summed E-state index contributed by atoms with van der Waals surface area (Å²) < 4.78 is 39.0. The molecule has 3 aromatic carbocycles. The highest BCUT2D eigenvalue weighted by Crippen LogP contribution is 2.40. The van der Waals surface area contributed by atoms with E-state index in [0.29, 0.717) is 22.9 Å². The summed E-state index contributed by atoms with van der Waals surface area (Å²) in [5.41, 5.74) is 4.44. The normalized spacial score (nSPS) is 10.9. The third-order valence-electron chi connectivity index (χ3n) is 5.70. The standard InChI is InChI=1S/C28H21F2N3O2/c1-34-26-4-3-5-27(35-2)28(26)17-6-8-20-23(11-13-32-24(20)14-17)33-19-10-12-31-25(16-19)21-15-18(29)7-9-22(21)30/h3-16H,1-2H3,(H,31,32,33). The molecule has 0 amide bonds. The van der Waals surface area contributed by atoms with Crippen molar-refractivity contribution in [1.82, 2.24) is 9.97 Å². The van der Waals surface area contributed by atoms with Crippen LogP contribution in [0.2, 0.25) is 0 Å². The van der Waals surface area contributed by atoms with Crippen LogP contribution in [0.15, 0.2) is 85.2 Å². The Bertz CT molecular complexity index is 1520. The van der Waals surface area contributed by atoms with Gasteiger partial charge in [0.15, 0.2) is 0 Å². The number of methoxy groups -OCH3 is 2. The SMILES string of the molecule is COc1cccc(OC)c1-c1ccc2c(Nc3ccnc(-c4cc(F)ccc4F)c3)ccnc2c1. The van der Waals surface area contributed by atoms with E-state index < -0.39 is 11.6 Å². The molecule has 0 spiro atoms. The van der Waals surface area contributed by atoms with Crippen molar-refractivity contribution in [2.45, 2.75) is 0 Å². The number of hydrogen-bond donors (Lipinski definition) is 1. The van der Waals surface area contributed by atoms with Crippen LogP contribution in [-0.2, 0) is 0 Å². The van der Waals surface area contributed by atoms with E-state index in [1.807, 2.05) is 42.5 Å². The average molecular weight is 469 g/mol. The average Bonchev–Trinajstić information content (AvgIpc) is 2.89. The molecule has 0 radical (unpaired) electrons. The molecule has 0 aliphatic rings. The van der Waals surface area contributed by atoms with Crippen molar-refractivity contribution in [3.63, 3.8) is 0 Å². The molecule has 1 N–H and O–H groups in total. The number of fused-ring (bicyclic) bond motifs is 1. The number of nitrogens with one attached hydrogen (secondary N) is 1. The van der Waals surface area contributed by atoms with Crippen LogP contribution in [-0.4, -0.2) is 24.2 Å². The Labute approximate surface area is 201 Å². The van der Waals surface area contributed by atoms with Crippen LogP contribution in [0.3, 0.4) is 0 Å². The number of rotatable bonds is 6. The molecule has 5 nitrogen and oxygen atoms in total. The zero-order valence-corrected chi connectivity index (χ0v) is 19.0. The van der Waals surface area contributed by atoms with Crippen LogP contribution in [0.25, 0.3) is 33.3 Å². The summed E-state index contributed by atoms with van der Waals surface area (Å²) in [5.74, 6) is 0.340. The second kappa shape index (κ2) is 9.38. The molecule has 0 bridgehead atoms. The second-order valence-electron chi connectivity index (χ2n) is 7.81. The maximum Gasteiger partial charge on any atom is 0.132 e. The lowest BCUT2D eigenvalue weighted by molar-refractivity contribution is 0.397.